The van der Waals surface area contributed by atoms with E-state index in [1.54, 1.807) is 25.1 Å². The molecule has 0 unspecified atom stereocenters. The van der Waals surface area contributed by atoms with Crippen molar-refractivity contribution in [3.63, 3.8) is 0 Å². The highest BCUT2D eigenvalue weighted by molar-refractivity contribution is 7.90. The van der Waals surface area contributed by atoms with Crippen LogP contribution >= 0.6 is 0 Å². The van der Waals surface area contributed by atoms with Crippen molar-refractivity contribution in [1.82, 2.24) is 15.6 Å². The van der Waals surface area contributed by atoms with Crippen molar-refractivity contribution < 1.29 is 12.8 Å². The van der Waals surface area contributed by atoms with Gasteiger partial charge in [0.15, 0.2) is 15.8 Å². The van der Waals surface area contributed by atoms with Gasteiger partial charge in [-0.15, -0.1) is 0 Å². The molecule has 0 saturated heterocycles. The first-order chi connectivity index (χ1) is 12.3. The molecule has 2 N–H and O–H groups in total. The SMILES string of the molecule is CCNC(=NCc1ccc(S(C)(=O)=O)c(C)c1)NCc1ncccc1F. The van der Waals surface area contributed by atoms with Gasteiger partial charge in [-0.25, -0.2) is 17.8 Å². The molecule has 8 heteroatoms. The normalized spacial score (nSPS) is 12.1. The van der Waals surface area contributed by atoms with Gasteiger partial charge in [0.05, 0.1) is 23.7 Å². The van der Waals surface area contributed by atoms with Gasteiger partial charge in [-0.1, -0.05) is 12.1 Å². The van der Waals surface area contributed by atoms with Crippen molar-refractivity contribution in [3.8, 4) is 0 Å². The van der Waals surface area contributed by atoms with Gasteiger partial charge in [0.2, 0.25) is 0 Å². The summed E-state index contributed by atoms with van der Waals surface area (Å²) in [6.07, 6.45) is 2.73. The molecule has 0 fully saturated rings. The summed E-state index contributed by atoms with van der Waals surface area (Å²) >= 11 is 0. The number of nitrogens with one attached hydrogen (secondary N) is 2. The van der Waals surface area contributed by atoms with E-state index < -0.39 is 9.84 Å². The monoisotopic (exact) mass is 378 g/mol. The van der Waals surface area contributed by atoms with Gasteiger partial charge >= 0.3 is 0 Å². The van der Waals surface area contributed by atoms with Crippen LogP contribution in [-0.2, 0) is 22.9 Å². The Morgan fingerprint density at radius 1 is 1.27 bits per heavy atom. The highest BCUT2D eigenvalue weighted by atomic mass is 32.2. The minimum Gasteiger partial charge on any atom is -0.357 e. The highest BCUT2D eigenvalue weighted by Crippen LogP contribution is 2.17. The summed E-state index contributed by atoms with van der Waals surface area (Å²) in [6, 6.07) is 8.05. The van der Waals surface area contributed by atoms with E-state index in [0.29, 0.717) is 35.2 Å². The van der Waals surface area contributed by atoms with Crippen molar-refractivity contribution in [2.45, 2.75) is 31.8 Å². The van der Waals surface area contributed by atoms with Crippen LogP contribution in [0.15, 0.2) is 46.4 Å². The van der Waals surface area contributed by atoms with E-state index in [4.69, 9.17) is 0 Å². The first-order valence-corrected chi connectivity index (χ1v) is 10.1. The molecular formula is C18H23FN4O2S. The Balaban J connectivity index is 2.09. The van der Waals surface area contributed by atoms with Gasteiger partial charge in [0.25, 0.3) is 0 Å². The maximum Gasteiger partial charge on any atom is 0.191 e. The average molecular weight is 378 g/mol. The third kappa shape index (κ3) is 5.52. The molecule has 0 radical (unpaired) electrons. The van der Waals surface area contributed by atoms with Crippen LogP contribution in [-0.4, -0.2) is 32.2 Å². The number of hydrogen-bond donors (Lipinski definition) is 2. The first-order valence-electron chi connectivity index (χ1n) is 8.22. The zero-order valence-corrected chi connectivity index (χ0v) is 15.9. The van der Waals surface area contributed by atoms with Gasteiger partial charge in [-0.05, 0) is 43.2 Å². The molecule has 0 aliphatic heterocycles. The van der Waals surface area contributed by atoms with E-state index >= 15 is 0 Å². The minimum absolute atomic E-state index is 0.213. The predicted molar refractivity (Wildman–Crippen MR) is 100 cm³/mol. The lowest BCUT2D eigenvalue weighted by Gasteiger charge is -2.12. The van der Waals surface area contributed by atoms with E-state index in [-0.39, 0.29) is 12.4 Å². The minimum atomic E-state index is -3.24. The van der Waals surface area contributed by atoms with Crippen LogP contribution in [0.5, 0.6) is 0 Å². The summed E-state index contributed by atoms with van der Waals surface area (Å²) in [5, 5.41) is 6.12. The second-order valence-corrected chi connectivity index (χ2v) is 7.84. The number of sulfone groups is 1. The van der Waals surface area contributed by atoms with E-state index in [1.165, 1.54) is 18.5 Å². The fourth-order valence-corrected chi connectivity index (χ4v) is 3.41. The molecular weight excluding hydrogens is 355 g/mol. The van der Waals surface area contributed by atoms with Gasteiger partial charge in [0, 0.05) is 19.0 Å². The standard InChI is InChI=1S/C18H23FN4O2S/c1-4-20-18(23-12-16-15(19)6-5-9-21-16)22-11-14-7-8-17(13(2)10-14)26(3,24)25/h5-10H,4,11-12H2,1-3H3,(H2,20,22,23). The molecule has 0 spiro atoms. The lowest BCUT2D eigenvalue weighted by Crippen LogP contribution is -2.37. The van der Waals surface area contributed by atoms with Crippen molar-refractivity contribution in [3.05, 3.63) is 59.2 Å². The number of benzene rings is 1. The summed E-state index contributed by atoms with van der Waals surface area (Å²) in [7, 11) is -3.24. The van der Waals surface area contributed by atoms with Crippen molar-refractivity contribution in [1.29, 1.82) is 0 Å². The lowest BCUT2D eigenvalue weighted by molar-refractivity contribution is 0.592. The zero-order chi connectivity index (χ0) is 19.2. The number of aryl methyl sites for hydroxylation is 1. The van der Waals surface area contributed by atoms with Crippen LogP contribution in [0.25, 0.3) is 0 Å². The number of aromatic nitrogens is 1. The Bertz CT molecular complexity index is 898. The second kappa shape index (κ2) is 8.75. The average Bonchev–Trinajstić information content (AvgIpc) is 2.57. The summed E-state index contributed by atoms with van der Waals surface area (Å²) in [4.78, 5) is 8.77. The molecule has 0 amide bonds. The van der Waals surface area contributed by atoms with Gasteiger partial charge in [0.1, 0.15) is 5.82 Å². The number of rotatable bonds is 6. The lowest BCUT2D eigenvalue weighted by atomic mass is 10.1. The van der Waals surface area contributed by atoms with Crippen molar-refractivity contribution in [2.75, 3.05) is 12.8 Å². The smallest absolute Gasteiger partial charge is 0.191 e. The topological polar surface area (TPSA) is 83.5 Å². The molecule has 0 aliphatic rings. The maximum absolute atomic E-state index is 13.6. The largest absolute Gasteiger partial charge is 0.357 e. The van der Waals surface area contributed by atoms with Crippen LogP contribution < -0.4 is 10.6 Å². The molecule has 1 aromatic heterocycles. The summed E-state index contributed by atoms with van der Waals surface area (Å²) < 4.78 is 37.0. The van der Waals surface area contributed by atoms with Gasteiger partial charge < -0.3 is 10.6 Å². The number of hydrogen-bond acceptors (Lipinski definition) is 4. The summed E-state index contributed by atoms with van der Waals surface area (Å²) in [6.45, 7) is 4.93. The number of pyridine rings is 1. The predicted octanol–water partition coefficient (Wildman–Crippen LogP) is 2.19. The summed E-state index contributed by atoms with van der Waals surface area (Å²) in [5.74, 6) is 0.158. The number of halogens is 1. The fraction of sp³-hybridized carbons (Fsp3) is 0.333. The molecule has 0 atom stereocenters. The Kier molecular flexibility index (Phi) is 6.68. The summed E-state index contributed by atoms with van der Waals surface area (Å²) in [5.41, 5.74) is 1.89. The third-order valence-electron chi connectivity index (χ3n) is 3.66. The Labute approximate surface area is 153 Å². The zero-order valence-electron chi connectivity index (χ0n) is 15.1. The quantitative estimate of drug-likeness (QED) is 0.595. The fourth-order valence-electron chi connectivity index (χ4n) is 2.45. The van der Waals surface area contributed by atoms with E-state index in [0.717, 1.165) is 5.56 Å². The number of nitrogens with zero attached hydrogens (tertiary/aromatic N) is 2. The maximum atomic E-state index is 13.6. The van der Waals surface area contributed by atoms with E-state index in [1.807, 2.05) is 13.0 Å². The highest BCUT2D eigenvalue weighted by Gasteiger charge is 2.11. The molecule has 0 aliphatic carbocycles. The van der Waals surface area contributed by atoms with Crippen LogP contribution in [0.4, 0.5) is 4.39 Å². The molecule has 2 rings (SSSR count). The van der Waals surface area contributed by atoms with Crippen molar-refractivity contribution in [2.24, 2.45) is 4.99 Å². The molecule has 26 heavy (non-hydrogen) atoms. The molecule has 2 aromatic rings. The molecule has 0 bridgehead atoms. The Morgan fingerprint density at radius 3 is 2.65 bits per heavy atom. The molecule has 1 heterocycles. The second-order valence-electron chi connectivity index (χ2n) is 5.85. The van der Waals surface area contributed by atoms with E-state index in [2.05, 4.69) is 20.6 Å². The number of guanidine groups is 1. The molecule has 6 nitrogen and oxygen atoms in total. The third-order valence-corrected chi connectivity index (χ3v) is 4.92. The first kappa shape index (κ1) is 19.8. The Morgan fingerprint density at radius 2 is 2.04 bits per heavy atom. The van der Waals surface area contributed by atoms with Crippen LogP contribution in [0.1, 0.15) is 23.7 Å². The van der Waals surface area contributed by atoms with Gasteiger partial charge in [-0.3, -0.25) is 4.98 Å². The van der Waals surface area contributed by atoms with Crippen LogP contribution in [0.3, 0.4) is 0 Å². The Hall–Kier alpha value is -2.48. The van der Waals surface area contributed by atoms with Crippen LogP contribution in [0.2, 0.25) is 0 Å². The number of aliphatic imine (C=N–C) groups is 1. The van der Waals surface area contributed by atoms with Crippen LogP contribution in [0, 0.1) is 12.7 Å². The molecule has 1 aromatic carbocycles. The molecule has 140 valence electrons. The molecule has 0 saturated carbocycles. The van der Waals surface area contributed by atoms with Gasteiger partial charge in [-0.2, -0.15) is 0 Å². The van der Waals surface area contributed by atoms with E-state index in [9.17, 15) is 12.8 Å². The van der Waals surface area contributed by atoms with Crippen molar-refractivity contribution >= 4 is 15.8 Å².